The Bertz CT molecular complexity index is 1300. The van der Waals surface area contributed by atoms with Crippen LogP contribution in [-0.2, 0) is 14.3 Å². The summed E-state index contributed by atoms with van der Waals surface area (Å²) in [4.78, 5) is 24.6. The van der Waals surface area contributed by atoms with E-state index < -0.39 is 12.1 Å². The summed E-state index contributed by atoms with van der Waals surface area (Å²) in [7, 11) is 0. The Morgan fingerprint density at radius 3 is 0.975 bits per heavy atom. The predicted octanol–water partition coefficient (Wildman–Crippen LogP) is 23.5. The van der Waals surface area contributed by atoms with Crippen LogP contribution in [0.2, 0.25) is 0 Å². The maximum atomic E-state index is 12.5. The van der Waals surface area contributed by atoms with Crippen LogP contribution in [0.5, 0.6) is 0 Å². The normalized spacial score (nSPS) is 12.7. The van der Waals surface area contributed by atoms with Crippen molar-refractivity contribution in [3.8, 4) is 0 Å². The highest BCUT2D eigenvalue weighted by molar-refractivity contribution is 5.76. The maximum absolute atomic E-state index is 12.5. The van der Waals surface area contributed by atoms with E-state index in [4.69, 9.17) is 4.74 Å². The van der Waals surface area contributed by atoms with Crippen LogP contribution in [0.1, 0.15) is 399 Å². The van der Waals surface area contributed by atoms with Gasteiger partial charge in [-0.15, -0.1) is 0 Å². The van der Waals surface area contributed by atoms with E-state index in [-0.39, 0.29) is 18.5 Å². The lowest BCUT2D eigenvalue weighted by atomic mass is 10.0. The number of rotatable bonds is 68. The van der Waals surface area contributed by atoms with Crippen LogP contribution in [-0.4, -0.2) is 47.4 Å². The van der Waals surface area contributed by atoms with Crippen molar-refractivity contribution in [2.75, 3.05) is 13.2 Å². The van der Waals surface area contributed by atoms with Gasteiger partial charge in [0, 0.05) is 12.8 Å². The predicted molar refractivity (Wildman–Crippen MR) is 352 cm³/mol. The van der Waals surface area contributed by atoms with Crippen molar-refractivity contribution in [3.05, 3.63) is 36.5 Å². The molecule has 0 saturated heterocycles. The molecule has 0 aromatic carbocycles. The monoisotopic (exact) mass is 1120 g/mol. The second-order valence-corrected chi connectivity index (χ2v) is 24.9. The minimum Gasteiger partial charge on any atom is -0.466 e. The van der Waals surface area contributed by atoms with Gasteiger partial charge in [-0.25, -0.2) is 0 Å². The fraction of sp³-hybridized carbons (Fsp3) is 0.892. The molecule has 2 atom stereocenters. The minimum atomic E-state index is -0.844. The zero-order chi connectivity index (χ0) is 57.8. The SMILES string of the molecule is CCCCC/C=C\C/C=C\CCCCCCCCCC(=O)OCCCCCCCCCCCCCCCCCCCCCCCCCCCCC(=O)NC(CO)C(O)/C=C/CCCCCCCCCCCCCCCCCCCC. The van der Waals surface area contributed by atoms with Gasteiger partial charge in [-0.3, -0.25) is 9.59 Å². The number of allylic oxidation sites excluding steroid dienone is 5. The number of hydrogen-bond acceptors (Lipinski definition) is 5. The van der Waals surface area contributed by atoms with Crippen LogP contribution in [0.15, 0.2) is 36.5 Å². The number of unbranched alkanes of at least 4 members (excludes halogenated alkanes) is 53. The first-order chi connectivity index (χ1) is 39.5. The molecule has 0 saturated carbocycles. The first-order valence-corrected chi connectivity index (χ1v) is 36.3. The van der Waals surface area contributed by atoms with Gasteiger partial charge in [-0.1, -0.05) is 359 Å². The van der Waals surface area contributed by atoms with Gasteiger partial charge < -0.3 is 20.3 Å². The number of esters is 1. The quantitative estimate of drug-likeness (QED) is 0.0320. The molecule has 0 fully saturated rings. The summed E-state index contributed by atoms with van der Waals surface area (Å²) in [6.07, 6.45) is 89.4. The largest absolute Gasteiger partial charge is 0.466 e. The van der Waals surface area contributed by atoms with E-state index >= 15 is 0 Å². The van der Waals surface area contributed by atoms with E-state index in [0.717, 1.165) is 51.4 Å². The van der Waals surface area contributed by atoms with Gasteiger partial charge in [-0.05, 0) is 64.2 Å². The Hall–Kier alpha value is -1.92. The Balaban J connectivity index is 3.38. The summed E-state index contributed by atoms with van der Waals surface area (Å²) in [5.74, 6) is -0.0525. The third kappa shape index (κ3) is 65.2. The lowest BCUT2D eigenvalue weighted by Gasteiger charge is -2.20. The van der Waals surface area contributed by atoms with Crippen molar-refractivity contribution in [2.24, 2.45) is 0 Å². The molecule has 80 heavy (non-hydrogen) atoms. The van der Waals surface area contributed by atoms with E-state index in [1.807, 2.05) is 6.08 Å². The molecule has 6 heteroatoms. The molecular formula is C74H141NO5. The Morgan fingerprint density at radius 2 is 0.625 bits per heavy atom. The van der Waals surface area contributed by atoms with E-state index in [0.29, 0.717) is 19.4 Å². The zero-order valence-electron chi connectivity index (χ0n) is 54.1. The Labute approximate surface area is 500 Å². The molecule has 0 aliphatic heterocycles. The molecule has 1 amide bonds. The zero-order valence-corrected chi connectivity index (χ0v) is 54.1. The first kappa shape index (κ1) is 78.1. The van der Waals surface area contributed by atoms with Gasteiger partial charge in [0.25, 0.3) is 0 Å². The molecule has 0 aromatic rings. The molecule has 0 aromatic heterocycles. The molecular weight excluding hydrogens is 983 g/mol. The molecule has 0 aliphatic carbocycles. The molecule has 0 heterocycles. The average molecular weight is 1120 g/mol. The van der Waals surface area contributed by atoms with Gasteiger partial charge in [-0.2, -0.15) is 0 Å². The first-order valence-electron chi connectivity index (χ1n) is 36.3. The molecule has 0 aliphatic rings. The van der Waals surface area contributed by atoms with Gasteiger partial charge >= 0.3 is 5.97 Å². The van der Waals surface area contributed by atoms with Crippen molar-refractivity contribution in [3.63, 3.8) is 0 Å². The third-order valence-corrected chi connectivity index (χ3v) is 16.9. The van der Waals surface area contributed by atoms with E-state index in [1.54, 1.807) is 6.08 Å². The molecule has 0 radical (unpaired) electrons. The number of ether oxygens (including phenoxy) is 1. The average Bonchev–Trinajstić information content (AvgIpc) is 3.46. The minimum absolute atomic E-state index is 0.00966. The summed E-state index contributed by atoms with van der Waals surface area (Å²) in [6.45, 7) is 4.91. The smallest absolute Gasteiger partial charge is 0.305 e. The fourth-order valence-corrected chi connectivity index (χ4v) is 11.4. The fourth-order valence-electron chi connectivity index (χ4n) is 11.4. The number of nitrogens with one attached hydrogen (secondary N) is 1. The highest BCUT2D eigenvalue weighted by Crippen LogP contribution is 2.19. The Kier molecular flexibility index (Phi) is 67.9. The summed E-state index contributed by atoms with van der Waals surface area (Å²) in [5.41, 5.74) is 0. The number of carbonyl (C=O) groups is 2. The molecule has 472 valence electrons. The maximum Gasteiger partial charge on any atom is 0.305 e. The van der Waals surface area contributed by atoms with Crippen LogP contribution in [0.3, 0.4) is 0 Å². The van der Waals surface area contributed by atoms with E-state index in [2.05, 4.69) is 43.5 Å². The molecule has 0 rings (SSSR count). The number of amides is 1. The molecule has 2 unspecified atom stereocenters. The highest BCUT2D eigenvalue weighted by atomic mass is 16.5. The molecule has 0 bridgehead atoms. The lowest BCUT2D eigenvalue weighted by molar-refractivity contribution is -0.143. The second kappa shape index (κ2) is 69.6. The van der Waals surface area contributed by atoms with Crippen LogP contribution >= 0.6 is 0 Å². The number of carbonyl (C=O) groups excluding carboxylic acids is 2. The summed E-state index contributed by atoms with van der Waals surface area (Å²) in [6, 6.07) is -0.627. The highest BCUT2D eigenvalue weighted by Gasteiger charge is 2.18. The van der Waals surface area contributed by atoms with Gasteiger partial charge in [0.1, 0.15) is 0 Å². The topological polar surface area (TPSA) is 95.9 Å². The standard InChI is InChI=1S/C74H141NO5/c1-3-5-7-9-11-13-15-17-19-21-22-31-35-38-42-46-50-54-58-62-66-72(77)71(70-76)75-73(78)67-63-59-55-51-47-43-39-36-32-29-27-25-23-24-26-28-30-33-37-41-45-49-53-57-61-65-69-80-74(79)68-64-60-56-52-48-44-40-34-20-18-16-14-12-10-8-6-4-2/h12,14,18,20,62,66,71-72,76-77H,3-11,13,15-17,19,21-61,63-65,67-70H2,1-2H3,(H,75,78)/b14-12-,20-18-,66-62+. The van der Waals surface area contributed by atoms with E-state index in [1.165, 1.54) is 321 Å². The van der Waals surface area contributed by atoms with Crippen LogP contribution < -0.4 is 5.32 Å². The molecule has 3 N–H and O–H groups in total. The molecule has 6 nitrogen and oxygen atoms in total. The van der Waals surface area contributed by atoms with Crippen LogP contribution in [0.4, 0.5) is 0 Å². The number of hydrogen-bond donors (Lipinski definition) is 3. The van der Waals surface area contributed by atoms with Crippen molar-refractivity contribution in [2.45, 2.75) is 411 Å². The number of aliphatic hydroxyl groups excluding tert-OH is 2. The van der Waals surface area contributed by atoms with Crippen LogP contribution in [0, 0.1) is 0 Å². The van der Waals surface area contributed by atoms with Gasteiger partial charge in [0.2, 0.25) is 5.91 Å². The Morgan fingerprint density at radius 1 is 0.350 bits per heavy atom. The summed E-state index contributed by atoms with van der Waals surface area (Å²) in [5, 5.41) is 23.3. The van der Waals surface area contributed by atoms with Crippen molar-refractivity contribution in [1.82, 2.24) is 5.32 Å². The van der Waals surface area contributed by atoms with Crippen LogP contribution in [0.25, 0.3) is 0 Å². The molecule has 0 spiro atoms. The van der Waals surface area contributed by atoms with Crippen molar-refractivity contribution < 1.29 is 24.5 Å². The number of aliphatic hydroxyl groups is 2. The van der Waals surface area contributed by atoms with Gasteiger partial charge in [0.05, 0.1) is 25.4 Å². The summed E-state index contributed by atoms with van der Waals surface area (Å²) < 4.78 is 5.50. The summed E-state index contributed by atoms with van der Waals surface area (Å²) >= 11 is 0. The van der Waals surface area contributed by atoms with Gasteiger partial charge in [0.15, 0.2) is 0 Å². The second-order valence-electron chi connectivity index (χ2n) is 24.9. The van der Waals surface area contributed by atoms with Crippen molar-refractivity contribution in [1.29, 1.82) is 0 Å². The third-order valence-electron chi connectivity index (χ3n) is 16.9. The van der Waals surface area contributed by atoms with E-state index in [9.17, 15) is 19.8 Å². The van der Waals surface area contributed by atoms with Crippen molar-refractivity contribution >= 4 is 11.9 Å². The lowest BCUT2D eigenvalue weighted by Crippen LogP contribution is -2.45.